The standard InChI is InChI=1S/C26H26FN3O4S/c1-35(32,33)20-8-5-17(6-9-20)16-28-25(31)23-11-12-24-26(29-23)34-14-13-30(24)19-7-10-22(27)21(15-19)18-3-2-4-18/h5-12,15,18H,2-4,13-14,16H2,1H3,(H,28,31). The van der Waals surface area contributed by atoms with Crippen LogP contribution in [0.25, 0.3) is 0 Å². The summed E-state index contributed by atoms with van der Waals surface area (Å²) in [5, 5.41) is 2.80. The molecule has 35 heavy (non-hydrogen) atoms. The van der Waals surface area contributed by atoms with E-state index in [0.29, 0.717) is 19.0 Å². The number of hydrogen-bond acceptors (Lipinski definition) is 6. The molecule has 2 heterocycles. The lowest BCUT2D eigenvalue weighted by molar-refractivity contribution is 0.0944. The molecule has 1 aromatic heterocycles. The van der Waals surface area contributed by atoms with E-state index in [0.717, 1.165) is 48.0 Å². The highest BCUT2D eigenvalue weighted by molar-refractivity contribution is 7.90. The van der Waals surface area contributed by atoms with Crippen LogP contribution in [-0.4, -0.2) is 38.7 Å². The van der Waals surface area contributed by atoms with Crippen molar-refractivity contribution < 1.29 is 22.3 Å². The first-order valence-electron chi connectivity index (χ1n) is 11.6. The van der Waals surface area contributed by atoms with Crippen LogP contribution in [-0.2, 0) is 16.4 Å². The van der Waals surface area contributed by atoms with Crippen molar-refractivity contribution in [1.82, 2.24) is 10.3 Å². The number of nitrogens with one attached hydrogen (secondary N) is 1. The molecule has 5 rings (SSSR count). The zero-order valence-corrected chi connectivity index (χ0v) is 20.1. The molecule has 1 aliphatic carbocycles. The van der Waals surface area contributed by atoms with Crippen LogP contribution in [0.2, 0.25) is 0 Å². The summed E-state index contributed by atoms with van der Waals surface area (Å²) in [5.41, 5.74) is 3.36. The van der Waals surface area contributed by atoms with Gasteiger partial charge in [-0.25, -0.2) is 17.8 Å². The number of anilines is 2. The van der Waals surface area contributed by atoms with E-state index in [2.05, 4.69) is 10.3 Å². The van der Waals surface area contributed by atoms with Crippen molar-refractivity contribution in [2.24, 2.45) is 0 Å². The molecule has 0 atom stereocenters. The van der Waals surface area contributed by atoms with Gasteiger partial charge in [0.15, 0.2) is 9.84 Å². The highest BCUT2D eigenvalue weighted by Crippen LogP contribution is 2.41. The van der Waals surface area contributed by atoms with E-state index in [1.165, 1.54) is 18.2 Å². The van der Waals surface area contributed by atoms with Gasteiger partial charge in [-0.2, -0.15) is 0 Å². The lowest BCUT2D eigenvalue weighted by atomic mass is 9.79. The van der Waals surface area contributed by atoms with Gasteiger partial charge in [0.05, 0.1) is 11.4 Å². The van der Waals surface area contributed by atoms with Crippen LogP contribution in [0.1, 0.15) is 46.8 Å². The molecule has 1 amide bonds. The number of amides is 1. The highest BCUT2D eigenvalue weighted by atomic mass is 32.2. The molecule has 1 N–H and O–H groups in total. The Balaban J connectivity index is 1.31. The summed E-state index contributed by atoms with van der Waals surface area (Å²) in [6, 6.07) is 15.0. The second-order valence-electron chi connectivity index (χ2n) is 8.95. The zero-order chi connectivity index (χ0) is 24.6. The molecule has 2 aromatic carbocycles. The Morgan fingerprint density at radius 1 is 1.14 bits per heavy atom. The molecule has 0 saturated heterocycles. The first kappa shape index (κ1) is 23.3. The third-order valence-electron chi connectivity index (χ3n) is 6.56. The van der Waals surface area contributed by atoms with Crippen molar-refractivity contribution in [3.05, 3.63) is 77.2 Å². The molecule has 3 aromatic rings. The van der Waals surface area contributed by atoms with Gasteiger partial charge >= 0.3 is 0 Å². The van der Waals surface area contributed by atoms with Gasteiger partial charge < -0.3 is 15.0 Å². The van der Waals surface area contributed by atoms with Crippen molar-refractivity contribution in [3.8, 4) is 5.88 Å². The topological polar surface area (TPSA) is 88.6 Å². The zero-order valence-electron chi connectivity index (χ0n) is 19.3. The van der Waals surface area contributed by atoms with Crippen LogP contribution < -0.4 is 15.0 Å². The van der Waals surface area contributed by atoms with Crippen LogP contribution in [0.15, 0.2) is 59.5 Å². The maximum absolute atomic E-state index is 14.4. The third-order valence-corrected chi connectivity index (χ3v) is 7.69. The van der Waals surface area contributed by atoms with Crippen LogP contribution in [0.5, 0.6) is 5.88 Å². The predicted octanol–water partition coefficient (Wildman–Crippen LogP) is 4.35. The van der Waals surface area contributed by atoms with Crippen molar-refractivity contribution >= 4 is 27.1 Å². The van der Waals surface area contributed by atoms with E-state index >= 15 is 0 Å². The fourth-order valence-corrected chi connectivity index (χ4v) is 4.98. The summed E-state index contributed by atoms with van der Waals surface area (Å²) in [6.07, 6.45) is 4.32. The molecular weight excluding hydrogens is 469 g/mol. The Hall–Kier alpha value is -3.46. The van der Waals surface area contributed by atoms with Crippen LogP contribution >= 0.6 is 0 Å². The van der Waals surface area contributed by atoms with Crippen LogP contribution in [0.3, 0.4) is 0 Å². The average Bonchev–Trinajstić information content (AvgIpc) is 2.82. The number of nitrogens with zero attached hydrogens (tertiary/aromatic N) is 2. The normalized spacial score (nSPS) is 15.7. The Kier molecular flexibility index (Phi) is 6.19. The van der Waals surface area contributed by atoms with Crippen molar-refractivity contribution in [2.45, 2.75) is 36.6 Å². The maximum Gasteiger partial charge on any atom is 0.270 e. The number of pyridine rings is 1. The number of benzene rings is 2. The molecule has 0 bridgehead atoms. The van der Waals surface area contributed by atoms with Gasteiger partial charge in [-0.1, -0.05) is 18.6 Å². The van der Waals surface area contributed by atoms with Crippen molar-refractivity contribution in [3.63, 3.8) is 0 Å². The maximum atomic E-state index is 14.4. The molecule has 9 heteroatoms. The fourth-order valence-electron chi connectivity index (χ4n) is 4.35. The summed E-state index contributed by atoms with van der Waals surface area (Å²) in [5.74, 6) is 0.107. The van der Waals surface area contributed by atoms with Crippen molar-refractivity contribution in [2.75, 3.05) is 24.3 Å². The lowest BCUT2D eigenvalue weighted by Gasteiger charge is -2.32. The van der Waals surface area contributed by atoms with Crippen molar-refractivity contribution in [1.29, 1.82) is 0 Å². The third kappa shape index (κ3) is 4.86. The number of sulfone groups is 1. The Morgan fingerprint density at radius 2 is 1.91 bits per heavy atom. The van der Waals surface area contributed by atoms with E-state index in [-0.39, 0.29) is 34.8 Å². The van der Waals surface area contributed by atoms with Gasteiger partial charge in [-0.15, -0.1) is 0 Å². The molecular formula is C26H26FN3O4S. The first-order valence-corrected chi connectivity index (χ1v) is 13.5. The summed E-state index contributed by atoms with van der Waals surface area (Å²) >= 11 is 0. The molecule has 0 radical (unpaired) electrons. The molecule has 7 nitrogen and oxygen atoms in total. The van der Waals surface area contributed by atoms with Gasteiger partial charge in [-0.05, 0) is 72.4 Å². The number of fused-ring (bicyclic) bond motifs is 1. The Morgan fingerprint density at radius 3 is 2.60 bits per heavy atom. The Bertz CT molecular complexity index is 1370. The molecule has 2 aliphatic rings. The summed E-state index contributed by atoms with van der Waals surface area (Å²) in [7, 11) is -3.27. The Labute approximate surface area is 203 Å². The van der Waals surface area contributed by atoms with E-state index in [1.54, 1.807) is 30.3 Å². The van der Waals surface area contributed by atoms with E-state index < -0.39 is 9.84 Å². The molecule has 182 valence electrons. The van der Waals surface area contributed by atoms with E-state index in [4.69, 9.17) is 4.74 Å². The van der Waals surface area contributed by atoms with Gasteiger partial charge in [-0.3, -0.25) is 4.79 Å². The number of halogens is 1. The fraction of sp³-hybridized carbons (Fsp3) is 0.308. The van der Waals surface area contributed by atoms with E-state index in [9.17, 15) is 17.6 Å². The summed E-state index contributed by atoms with van der Waals surface area (Å²) in [4.78, 5) is 19.4. The second-order valence-corrected chi connectivity index (χ2v) is 11.0. The van der Waals surface area contributed by atoms with Crippen LogP contribution in [0.4, 0.5) is 15.8 Å². The predicted molar refractivity (Wildman–Crippen MR) is 130 cm³/mol. The number of hydrogen-bond donors (Lipinski definition) is 1. The molecule has 1 aliphatic heterocycles. The number of aromatic nitrogens is 1. The van der Waals surface area contributed by atoms with Gasteiger partial charge in [0.2, 0.25) is 5.88 Å². The number of carbonyl (C=O) groups excluding carboxylic acids is 1. The number of rotatable bonds is 6. The minimum atomic E-state index is -3.27. The molecule has 1 saturated carbocycles. The monoisotopic (exact) mass is 495 g/mol. The summed E-state index contributed by atoms with van der Waals surface area (Å²) < 4.78 is 43.3. The molecule has 0 spiro atoms. The van der Waals surface area contributed by atoms with Gasteiger partial charge in [0, 0.05) is 18.5 Å². The minimum Gasteiger partial charge on any atom is -0.474 e. The minimum absolute atomic E-state index is 0.164. The largest absolute Gasteiger partial charge is 0.474 e. The number of ether oxygens (including phenoxy) is 1. The first-order chi connectivity index (χ1) is 16.8. The SMILES string of the molecule is CS(=O)(=O)c1ccc(CNC(=O)c2ccc3c(n2)OCCN3c2ccc(F)c(C3CCC3)c2)cc1. The van der Waals surface area contributed by atoms with E-state index in [1.807, 2.05) is 11.0 Å². The average molecular weight is 496 g/mol. The lowest BCUT2D eigenvalue weighted by Crippen LogP contribution is -2.30. The van der Waals surface area contributed by atoms with Gasteiger partial charge in [0.1, 0.15) is 23.8 Å². The summed E-state index contributed by atoms with van der Waals surface area (Å²) in [6.45, 7) is 1.22. The van der Waals surface area contributed by atoms with Crippen LogP contribution in [0, 0.1) is 5.82 Å². The quantitative estimate of drug-likeness (QED) is 0.547. The second kappa shape index (κ2) is 9.30. The molecule has 0 unspecified atom stereocenters. The number of carbonyl (C=O) groups is 1. The highest BCUT2D eigenvalue weighted by Gasteiger charge is 2.26. The smallest absolute Gasteiger partial charge is 0.270 e. The van der Waals surface area contributed by atoms with Gasteiger partial charge in [0.25, 0.3) is 5.91 Å². The molecule has 1 fully saturated rings.